The van der Waals surface area contributed by atoms with E-state index in [1.165, 1.54) is 19.1 Å². The number of carbonyl (C=O) groups is 3. The highest BCUT2D eigenvalue weighted by Crippen LogP contribution is 2.15. The Morgan fingerprint density at radius 2 is 1.75 bits per heavy atom. The number of benzene rings is 2. The van der Waals surface area contributed by atoms with Crippen LogP contribution in [0.15, 0.2) is 42.5 Å². The Hall–Kier alpha value is -3.09. The summed E-state index contributed by atoms with van der Waals surface area (Å²) < 4.78 is 30.9. The largest absolute Gasteiger partial charge is 0.452 e. The van der Waals surface area contributed by atoms with Crippen LogP contribution in [-0.4, -0.2) is 24.3 Å². The first-order valence-corrected chi connectivity index (χ1v) is 6.90. The highest BCUT2D eigenvalue weighted by molar-refractivity contribution is 6.04. The fourth-order valence-electron chi connectivity index (χ4n) is 1.95. The Morgan fingerprint density at radius 3 is 2.42 bits per heavy atom. The molecule has 0 heterocycles. The maximum absolute atomic E-state index is 13.4. The number of anilines is 1. The van der Waals surface area contributed by atoms with Gasteiger partial charge in [-0.3, -0.25) is 9.59 Å². The van der Waals surface area contributed by atoms with Crippen LogP contribution in [0.4, 0.5) is 14.5 Å². The molecule has 0 fully saturated rings. The second-order valence-corrected chi connectivity index (χ2v) is 4.85. The van der Waals surface area contributed by atoms with E-state index in [4.69, 9.17) is 0 Å². The molecule has 0 aliphatic carbocycles. The fraction of sp³-hybridized carbons (Fsp3) is 0.118. The second kappa shape index (κ2) is 7.45. The molecule has 124 valence electrons. The minimum Gasteiger partial charge on any atom is -0.452 e. The lowest BCUT2D eigenvalue weighted by atomic mass is 10.1. The maximum Gasteiger partial charge on any atom is 0.341 e. The minimum absolute atomic E-state index is 0.240. The molecular formula is C17H13F2NO4. The standard InChI is InChI=1S/C17H13F2NO4/c1-10(21)12-4-2-3-5-15(12)20-16(22)9-24-17(23)13-7-6-11(18)8-14(13)19/h2-8H,9H2,1H3,(H,20,22). The van der Waals surface area contributed by atoms with Crippen molar-refractivity contribution in [3.05, 3.63) is 65.2 Å². The lowest BCUT2D eigenvalue weighted by Crippen LogP contribution is -2.22. The highest BCUT2D eigenvalue weighted by Gasteiger charge is 2.16. The van der Waals surface area contributed by atoms with Gasteiger partial charge >= 0.3 is 5.97 Å². The molecule has 1 N–H and O–H groups in total. The number of rotatable bonds is 5. The van der Waals surface area contributed by atoms with Crippen molar-refractivity contribution in [1.29, 1.82) is 0 Å². The van der Waals surface area contributed by atoms with Crippen LogP contribution in [0.1, 0.15) is 27.6 Å². The molecule has 0 spiro atoms. The van der Waals surface area contributed by atoms with Gasteiger partial charge in [-0.15, -0.1) is 0 Å². The molecule has 0 saturated carbocycles. The van der Waals surface area contributed by atoms with Crippen molar-refractivity contribution >= 4 is 23.3 Å². The van der Waals surface area contributed by atoms with Gasteiger partial charge in [0.2, 0.25) is 0 Å². The number of hydrogen-bond acceptors (Lipinski definition) is 4. The van der Waals surface area contributed by atoms with E-state index in [1.54, 1.807) is 12.1 Å². The number of esters is 1. The van der Waals surface area contributed by atoms with Crippen molar-refractivity contribution < 1.29 is 27.9 Å². The first kappa shape index (κ1) is 17.3. The van der Waals surface area contributed by atoms with E-state index in [-0.39, 0.29) is 11.5 Å². The van der Waals surface area contributed by atoms with Crippen LogP contribution in [0.3, 0.4) is 0 Å². The van der Waals surface area contributed by atoms with Gasteiger partial charge in [0.05, 0.1) is 11.3 Å². The quantitative estimate of drug-likeness (QED) is 0.674. The van der Waals surface area contributed by atoms with Gasteiger partial charge in [-0.1, -0.05) is 12.1 Å². The number of carbonyl (C=O) groups excluding carboxylic acids is 3. The SMILES string of the molecule is CC(=O)c1ccccc1NC(=O)COC(=O)c1ccc(F)cc1F. The Balaban J connectivity index is 1.99. The maximum atomic E-state index is 13.4. The van der Waals surface area contributed by atoms with Crippen molar-refractivity contribution in [3.63, 3.8) is 0 Å². The average Bonchev–Trinajstić information content (AvgIpc) is 2.53. The molecule has 2 aromatic rings. The molecule has 0 aliphatic heterocycles. The molecule has 0 atom stereocenters. The molecule has 1 amide bonds. The molecule has 2 rings (SSSR count). The van der Waals surface area contributed by atoms with Gasteiger partial charge in [-0.2, -0.15) is 0 Å². The van der Waals surface area contributed by atoms with E-state index in [9.17, 15) is 23.2 Å². The Kier molecular flexibility index (Phi) is 5.36. The molecule has 0 aliphatic rings. The Bertz CT molecular complexity index is 805. The number of amides is 1. The van der Waals surface area contributed by atoms with Crippen LogP contribution < -0.4 is 5.32 Å². The lowest BCUT2D eigenvalue weighted by Gasteiger charge is -2.09. The fourth-order valence-corrected chi connectivity index (χ4v) is 1.95. The molecule has 5 nitrogen and oxygen atoms in total. The summed E-state index contributed by atoms with van der Waals surface area (Å²) in [4.78, 5) is 35.0. The summed E-state index contributed by atoms with van der Waals surface area (Å²) in [6.45, 7) is 0.671. The normalized spacial score (nSPS) is 10.1. The summed E-state index contributed by atoms with van der Waals surface area (Å²) in [5.74, 6) is -3.94. The van der Waals surface area contributed by atoms with E-state index in [0.29, 0.717) is 11.6 Å². The number of Topliss-reactive ketones (excluding diaryl/α,β-unsaturated/α-hetero) is 1. The van der Waals surface area contributed by atoms with Crippen LogP contribution in [0.25, 0.3) is 0 Å². The van der Waals surface area contributed by atoms with Crippen molar-refractivity contribution in [1.82, 2.24) is 0 Å². The lowest BCUT2D eigenvalue weighted by molar-refractivity contribution is -0.119. The number of ketones is 1. The van der Waals surface area contributed by atoms with E-state index in [0.717, 1.165) is 12.1 Å². The van der Waals surface area contributed by atoms with Crippen LogP contribution in [0.2, 0.25) is 0 Å². The topological polar surface area (TPSA) is 72.5 Å². The first-order valence-electron chi connectivity index (χ1n) is 6.90. The third-order valence-electron chi connectivity index (χ3n) is 3.07. The summed E-state index contributed by atoms with van der Waals surface area (Å²) in [6, 6.07) is 8.71. The van der Waals surface area contributed by atoms with Crippen molar-refractivity contribution in [2.75, 3.05) is 11.9 Å². The Labute approximate surface area is 136 Å². The van der Waals surface area contributed by atoms with Crippen molar-refractivity contribution in [2.24, 2.45) is 0 Å². The second-order valence-electron chi connectivity index (χ2n) is 4.85. The summed E-state index contributed by atoms with van der Waals surface area (Å²) in [5, 5.41) is 2.43. The minimum atomic E-state index is -1.09. The van der Waals surface area contributed by atoms with Crippen molar-refractivity contribution in [3.8, 4) is 0 Å². The molecule has 2 aromatic carbocycles. The third kappa shape index (κ3) is 4.22. The first-order chi connectivity index (χ1) is 11.4. The predicted molar refractivity (Wildman–Crippen MR) is 81.7 cm³/mol. The van der Waals surface area contributed by atoms with Crippen molar-refractivity contribution in [2.45, 2.75) is 6.92 Å². The van der Waals surface area contributed by atoms with Crippen LogP contribution in [0, 0.1) is 11.6 Å². The zero-order valence-corrected chi connectivity index (χ0v) is 12.6. The van der Waals surface area contributed by atoms with E-state index in [2.05, 4.69) is 10.1 Å². The summed E-state index contributed by atoms with van der Waals surface area (Å²) >= 11 is 0. The molecule has 0 radical (unpaired) electrons. The smallest absolute Gasteiger partial charge is 0.341 e. The average molecular weight is 333 g/mol. The number of nitrogens with one attached hydrogen (secondary N) is 1. The van der Waals surface area contributed by atoms with E-state index < -0.39 is 35.7 Å². The summed E-state index contributed by atoms with van der Waals surface area (Å²) in [7, 11) is 0. The predicted octanol–water partition coefficient (Wildman–Crippen LogP) is 2.96. The third-order valence-corrected chi connectivity index (χ3v) is 3.07. The van der Waals surface area contributed by atoms with E-state index >= 15 is 0 Å². The van der Waals surface area contributed by atoms with Gasteiger partial charge in [0.25, 0.3) is 5.91 Å². The molecular weight excluding hydrogens is 320 g/mol. The van der Waals surface area contributed by atoms with E-state index in [1.807, 2.05) is 0 Å². The molecule has 0 bridgehead atoms. The molecule has 0 saturated heterocycles. The summed E-state index contributed by atoms with van der Waals surface area (Å²) in [5.41, 5.74) is 0.106. The number of halogens is 2. The van der Waals surface area contributed by atoms with Crippen LogP contribution >= 0.6 is 0 Å². The van der Waals surface area contributed by atoms with Gasteiger partial charge in [0, 0.05) is 11.6 Å². The molecule has 24 heavy (non-hydrogen) atoms. The number of hydrogen-bond donors (Lipinski definition) is 1. The summed E-state index contributed by atoms with van der Waals surface area (Å²) in [6.07, 6.45) is 0. The zero-order valence-electron chi connectivity index (χ0n) is 12.6. The van der Waals surface area contributed by atoms with Crippen LogP contribution in [-0.2, 0) is 9.53 Å². The molecule has 0 aromatic heterocycles. The van der Waals surface area contributed by atoms with Gasteiger partial charge in [0.1, 0.15) is 11.6 Å². The highest BCUT2D eigenvalue weighted by atomic mass is 19.1. The van der Waals surface area contributed by atoms with Gasteiger partial charge in [0.15, 0.2) is 12.4 Å². The Morgan fingerprint density at radius 1 is 1.04 bits per heavy atom. The van der Waals surface area contributed by atoms with Gasteiger partial charge in [-0.05, 0) is 31.2 Å². The van der Waals surface area contributed by atoms with Crippen LogP contribution in [0.5, 0.6) is 0 Å². The molecule has 7 heteroatoms. The molecule has 0 unspecified atom stereocenters. The zero-order chi connectivity index (χ0) is 17.7. The monoisotopic (exact) mass is 333 g/mol. The van der Waals surface area contributed by atoms with Gasteiger partial charge in [-0.25, -0.2) is 13.6 Å². The number of ether oxygens (including phenoxy) is 1. The van der Waals surface area contributed by atoms with Gasteiger partial charge < -0.3 is 10.1 Å². The number of para-hydroxylation sites is 1.